The van der Waals surface area contributed by atoms with Crippen molar-refractivity contribution in [1.82, 2.24) is 4.57 Å². The maximum atomic E-state index is 2.51. The molecule has 59 heavy (non-hydrogen) atoms. The van der Waals surface area contributed by atoms with E-state index in [1.807, 2.05) is 22.7 Å². The third kappa shape index (κ3) is 5.52. The van der Waals surface area contributed by atoms with E-state index in [9.17, 15) is 0 Å². The summed E-state index contributed by atoms with van der Waals surface area (Å²) in [5.41, 5.74) is 13.0. The molecule has 0 aliphatic rings. The standard InChI is InChI=1S/C55H36N2S2/c1-35-25-27-39(28-26-35)57-49-22-8-5-17-43(49)46-21-12-20-42(54(46)57)38-32-48-45-19-7-10-24-52(45)59-55(48)50(33-38)56(40-16-11-15-37(31-40)36-13-3-2-4-14-36)41-29-30-53-47(34-41)44-18-6-9-23-51(44)58-53/h2-34H,1H3. The molecule has 0 atom stereocenters. The Morgan fingerprint density at radius 2 is 1.05 bits per heavy atom. The van der Waals surface area contributed by atoms with Crippen molar-refractivity contribution in [3.8, 4) is 27.9 Å². The van der Waals surface area contributed by atoms with Crippen LogP contribution in [0.3, 0.4) is 0 Å². The van der Waals surface area contributed by atoms with Crippen molar-refractivity contribution >= 4 is 102 Å². The highest BCUT2D eigenvalue weighted by molar-refractivity contribution is 7.26. The zero-order chi connectivity index (χ0) is 39.0. The van der Waals surface area contributed by atoms with Crippen molar-refractivity contribution in [2.75, 3.05) is 4.90 Å². The molecule has 278 valence electrons. The molecular formula is C55H36N2S2. The number of anilines is 3. The van der Waals surface area contributed by atoms with Crippen molar-refractivity contribution in [2.24, 2.45) is 0 Å². The van der Waals surface area contributed by atoms with Gasteiger partial charge in [0.15, 0.2) is 0 Å². The van der Waals surface area contributed by atoms with E-state index in [-0.39, 0.29) is 0 Å². The highest BCUT2D eigenvalue weighted by atomic mass is 32.1. The molecule has 0 aliphatic heterocycles. The van der Waals surface area contributed by atoms with Crippen LogP contribution in [0.2, 0.25) is 0 Å². The lowest BCUT2D eigenvalue weighted by Crippen LogP contribution is -2.10. The Hall–Kier alpha value is -6.98. The summed E-state index contributed by atoms with van der Waals surface area (Å²) in [6.07, 6.45) is 0. The number of thiophene rings is 2. The number of fused-ring (bicyclic) bond motifs is 9. The molecule has 2 nitrogen and oxygen atoms in total. The molecule has 0 amide bonds. The van der Waals surface area contributed by atoms with E-state index in [4.69, 9.17) is 0 Å². The molecule has 0 N–H and O–H groups in total. The predicted octanol–water partition coefficient (Wildman–Crippen LogP) is 16.6. The second-order valence-electron chi connectivity index (χ2n) is 15.4. The first-order valence-corrected chi connectivity index (χ1v) is 21.7. The minimum atomic E-state index is 1.12. The van der Waals surface area contributed by atoms with E-state index < -0.39 is 0 Å². The molecule has 0 fully saturated rings. The summed E-state index contributed by atoms with van der Waals surface area (Å²) in [6, 6.07) is 74.0. The van der Waals surface area contributed by atoms with Crippen LogP contribution in [-0.2, 0) is 0 Å². The molecule has 12 aromatic rings. The molecule has 0 unspecified atom stereocenters. The molecule has 4 heteroatoms. The van der Waals surface area contributed by atoms with Gasteiger partial charge in [-0.2, -0.15) is 0 Å². The largest absolute Gasteiger partial charge is 0.309 e. The Labute approximate surface area is 350 Å². The van der Waals surface area contributed by atoms with Crippen LogP contribution in [-0.4, -0.2) is 4.57 Å². The number of para-hydroxylation sites is 2. The Balaban J connectivity index is 1.18. The summed E-state index contributed by atoms with van der Waals surface area (Å²) >= 11 is 3.75. The molecule has 0 saturated carbocycles. The fraction of sp³-hybridized carbons (Fsp3) is 0.0182. The van der Waals surface area contributed by atoms with Gasteiger partial charge in [0, 0.05) is 69.0 Å². The first kappa shape index (κ1) is 34.1. The van der Waals surface area contributed by atoms with Gasteiger partial charge in [0.25, 0.3) is 0 Å². The molecule has 0 bridgehead atoms. The average molecular weight is 789 g/mol. The molecule has 9 aromatic carbocycles. The maximum Gasteiger partial charge on any atom is 0.0646 e. The monoisotopic (exact) mass is 788 g/mol. The lowest BCUT2D eigenvalue weighted by molar-refractivity contribution is 1.18. The fourth-order valence-corrected chi connectivity index (χ4v) is 11.4. The summed E-state index contributed by atoms with van der Waals surface area (Å²) < 4.78 is 7.62. The summed E-state index contributed by atoms with van der Waals surface area (Å²) in [5.74, 6) is 0. The molecule has 0 saturated heterocycles. The molecular weight excluding hydrogens is 753 g/mol. The number of aromatic nitrogens is 1. The summed E-state index contributed by atoms with van der Waals surface area (Å²) in [5, 5.41) is 7.62. The number of hydrogen-bond donors (Lipinski definition) is 0. The minimum Gasteiger partial charge on any atom is -0.309 e. The number of aryl methyl sites for hydroxylation is 1. The number of rotatable bonds is 6. The van der Waals surface area contributed by atoms with E-state index in [1.165, 1.54) is 90.0 Å². The van der Waals surface area contributed by atoms with Crippen LogP contribution in [0.5, 0.6) is 0 Å². The van der Waals surface area contributed by atoms with E-state index in [2.05, 4.69) is 217 Å². The van der Waals surface area contributed by atoms with Crippen LogP contribution in [0.15, 0.2) is 200 Å². The van der Waals surface area contributed by atoms with Gasteiger partial charge < -0.3 is 9.47 Å². The summed E-state index contributed by atoms with van der Waals surface area (Å²) in [4.78, 5) is 2.51. The lowest BCUT2D eigenvalue weighted by Gasteiger charge is -2.27. The Kier molecular flexibility index (Phi) is 7.84. The smallest absolute Gasteiger partial charge is 0.0646 e. The highest BCUT2D eigenvalue weighted by Crippen LogP contribution is 2.50. The normalized spacial score (nSPS) is 11.8. The number of benzene rings is 9. The van der Waals surface area contributed by atoms with Gasteiger partial charge in [-0.05, 0) is 96.4 Å². The van der Waals surface area contributed by atoms with Gasteiger partial charge in [-0.3, -0.25) is 0 Å². The van der Waals surface area contributed by atoms with Crippen molar-refractivity contribution < 1.29 is 0 Å². The van der Waals surface area contributed by atoms with Crippen molar-refractivity contribution in [1.29, 1.82) is 0 Å². The molecule has 12 rings (SSSR count). The van der Waals surface area contributed by atoms with Gasteiger partial charge in [0.2, 0.25) is 0 Å². The van der Waals surface area contributed by atoms with Gasteiger partial charge in [-0.15, -0.1) is 22.7 Å². The van der Waals surface area contributed by atoms with Gasteiger partial charge in [0.05, 0.1) is 21.4 Å². The van der Waals surface area contributed by atoms with Crippen LogP contribution in [0.25, 0.3) is 90.1 Å². The molecule has 0 spiro atoms. The first-order valence-electron chi connectivity index (χ1n) is 20.1. The zero-order valence-corrected chi connectivity index (χ0v) is 33.9. The summed E-state index contributed by atoms with van der Waals surface area (Å²) in [7, 11) is 0. The minimum absolute atomic E-state index is 1.12. The predicted molar refractivity (Wildman–Crippen MR) is 257 cm³/mol. The second kappa shape index (κ2) is 13.6. The van der Waals surface area contributed by atoms with E-state index in [0.717, 1.165) is 22.7 Å². The third-order valence-corrected chi connectivity index (χ3v) is 14.2. The van der Waals surface area contributed by atoms with E-state index >= 15 is 0 Å². The molecule has 0 aliphatic carbocycles. The van der Waals surface area contributed by atoms with Crippen molar-refractivity contribution in [3.05, 3.63) is 206 Å². The maximum absolute atomic E-state index is 2.51. The van der Waals surface area contributed by atoms with E-state index in [1.54, 1.807) is 0 Å². The molecule has 3 heterocycles. The van der Waals surface area contributed by atoms with Crippen LogP contribution in [0, 0.1) is 6.92 Å². The average Bonchev–Trinajstić information content (AvgIpc) is 3.97. The van der Waals surface area contributed by atoms with Crippen LogP contribution in [0.4, 0.5) is 17.1 Å². The molecule has 3 aromatic heterocycles. The van der Waals surface area contributed by atoms with Crippen LogP contribution < -0.4 is 4.90 Å². The van der Waals surface area contributed by atoms with Gasteiger partial charge in [0.1, 0.15) is 0 Å². The fourth-order valence-electron chi connectivity index (χ4n) is 9.08. The quantitative estimate of drug-likeness (QED) is 0.163. The zero-order valence-electron chi connectivity index (χ0n) is 32.3. The van der Waals surface area contributed by atoms with Crippen molar-refractivity contribution in [2.45, 2.75) is 6.92 Å². The SMILES string of the molecule is Cc1ccc(-n2c3ccccc3c3cccc(-c4cc(N(c5cccc(-c6ccccc6)c5)c5ccc6sc7ccccc7c6c5)c5sc6ccccc6c5c4)c32)cc1. The van der Waals surface area contributed by atoms with Gasteiger partial charge >= 0.3 is 0 Å². The van der Waals surface area contributed by atoms with E-state index in [0.29, 0.717) is 0 Å². The van der Waals surface area contributed by atoms with Crippen LogP contribution >= 0.6 is 22.7 Å². The number of hydrogen-bond acceptors (Lipinski definition) is 3. The second-order valence-corrected chi connectivity index (χ2v) is 17.5. The van der Waals surface area contributed by atoms with Crippen molar-refractivity contribution in [3.63, 3.8) is 0 Å². The lowest BCUT2D eigenvalue weighted by atomic mass is 9.98. The number of nitrogens with zero attached hydrogens (tertiary/aromatic N) is 2. The Morgan fingerprint density at radius 1 is 0.407 bits per heavy atom. The van der Waals surface area contributed by atoms with Gasteiger partial charge in [-0.1, -0.05) is 133 Å². The third-order valence-electron chi connectivity index (χ3n) is 11.8. The highest BCUT2D eigenvalue weighted by Gasteiger charge is 2.23. The molecule has 0 radical (unpaired) electrons. The first-order chi connectivity index (χ1) is 29.2. The Morgan fingerprint density at radius 3 is 1.88 bits per heavy atom. The van der Waals surface area contributed by atoms with Gasteiger partial charge in [-0.25, -0.2) is 0 Å². The summed E-state index contributed by atoms with van der Waals surface area (Å²) in [6.45, 7) is 2.16. The Bertz CT molecular complexity index is 3570. The topological polar surface area (TPSA) is 8.17 Å². The van der Waals surface area contributed by atoms with Crippen LogP contribution in [0.1, 0.15) is 5.56 Å².